The molecular formula is C17H14FN5O2. The van der Waals surface area contributed by atoms with Crippen LogP contribution in [0.3, 0.4) is 0 Å². The molecule has 8 heteroatoms. The minimum absolute atomic E-state index is 0.0214. The van der Waals surface area contributed by atoms with Crippen molar-refractivity contribution >= 4 is 17.5 Å². The number of carbonyl (C=O) groups excluding carboxylic acids is 1. The highest BCUT2D eigenvalue weighted by Gasteiger charge is 2.23. The number of anilines is 2. The number of amides is 1. The molecule has 3 aromatic rings. The SMILES string of the molecule is Cc1cc(-c2[nH]c(N)nc2-c2cc(F)c3c(c2)NC(=O)CO3)ccn1. The van der Waals surface area contributed by atoms with Gasteiger partial charge < -0.3 is 20.8 Å². The van der Waals surface area contributed by atoms with Gasteiger partial charge in [-0.25, -0.2) is 9.37 Å². The Morgan fingerprint density at radius 3 is 2.92 bits per heavy atom. The molecule has 0 aliphatic carbocycles. The van der Waals surface area contributed by atoms with E-state index < -0.39 is 5.82 Å². The summed E-state index contributed by atoms with van der Waals surface area (Å²) in [6.07, 6.45) is 1.67. The first-order valence-corrected chi connectivity index (χ1v) is 7.56. The first-order chi connectivity index (χ1) is 12.0. The Morgan fingerprint density at radius 2 is 2.12 bits per heavy atom. The molecule has 4 rings (SSSR count). The number of nitrogens with one attached hydrogen (secondary N) is 2. The van der Waals surface area contributed by atoms with Crippen LogP contribution in [-0.2, 0) is 4.79 Å². The zero-order chi connectivity index (χ0) is 17.6. The van der Waals surface area contributed by atoms with Gasteiger partial charge in [0.2, 0.25) is 0 Å². The fourth-order valence-corrected chi connectivity index (χ4v) is 2.80. The van der Waals surface area contributed by atoms with E-state index in [1.54, 1.807) is 12.3 Å². The normalized spacial score (nSPS) is 13.1. The van der Waals surface area contributed by atoms with Crippen LogP contribution in [0.15, 0.2) is 30.5 Å². The Labute approximate surface area is 142 Å². The number of benzene rings is 1. The number of halogens is 1. The molecule has 0 spiro atoms. The van der Waals surface area contributed by atoms with Crippen LogP contribution in [0, 0.1) is 12.7 Å². The molecule has 25 heavy (non-hydrogen) atoms. The molecule has 0 fully saturated rings. The van der Waals surface area contributed by atoms with Crippen LogP contribution < -0.4 is 15.8 Å². The highest BCUT2D eigenvalue weighted by molar-refractivity contribution is 5.96. The molecule has 4 N–H and O–H groups in total. The van der Waals surface area contributed by atoms with E-state index in [-0.39, 0.29) is 29.9 Å². The first kappa shape index (κ1) is 15.1. The Hall–Kier alpha value is -3.42. The third kappa shape index (κ3) is 2.67. The second-order valence-corrected chi connectivity index (χ2v) is 5.70. The van der Waals surface area contributed by atoms with Crippen molar-refractivity contribution in [2.75, 3.05) is 17.7 Å². The molecule has 0 bridgehead atoms. The van der Waals surface area contributed by atoms with Crippen LogP contribution in [-0.4, -0.2) is 27.5 Å². The van der Waals surface area contributed by atoms with E-state index in [1.165, 1.54) is 6.07 Å². The summed E-state index contributed by atoms with van der Waals surface area (Å²) in [4.78, 5) is 22.9. The van der Waals surface area contributed by atoms with Crippen molar-refractivity contribution in [2.24, 2.45) is 0 Å². The summed E-state index contributed by atoms with van der Waals surface area (Å²) in [6, 6.07) is 6.60. The molecule has 0 radical (unpaired) electrons. The van der Waals surface area contributed by atoms with Crippen LogP contribution in [0.2, 0.25) is 0 Å². The van der Waals surface area contributed by atoms with Crippen molar-refractivity contribution in [3.05, 3.63) is 42.0 Å². The van der Waals surface area contributed by atoms with Gasteiger partial charge in [-0.15, -0.1) is 0 Å². The number of nitrogens with two attached hydrogens (primary N) is 1. The van der Waals surface area contributed by atoms with Gasteiger partial charge in [0.15, 0.2) is 24.1 Å². The van der Waals surface area contributed by atoms with Crippen molar-refractivity contribution in [3.8, 4) is 28.3 Å². The maximum Gasteiger partial charge on any atom is 0.262 e. The van der Waals surface area contributed by atoms with Crippen LogP contribution >= 0.6 is 0 Å². The predicted molar refractivity (Wildman–Crippen MR) is 90.5 cm³/mol. The Balaban J connectivity index is 1.87. The van der Waals surface area contributed by atoms with Gasteiger partial charge >= 0.3 is 0 Å². The number of aromatic nitrogens is 3. The quantitative estimate of drug-likeness (QED) is 0.665. The summed E-state index contributed by atoms with van der Waals surface area (Å²) >= 11 is 0. The number of hydrogen-bond donors (Lipinski definition) is 3. The van der Waals surface area contributed by atoms with E-state index >= 15 is 0 Å². The number of nitrogens with zero attached hydrogens (tertiary/aromatic N) is 2. The topological polar surface area (TPSA) is 106 Å². The van der Waals surface area contributed by atoms with E-state index in [4.69, 9.17) is 10.5 Å². The molecule has 0 unspecified atom stereocenters. The summed E-state index contributed by atoms with van der Waals surface area (Å²) in [6.45, 7) is 1.66. The molecule has 3 heterocycles. The standard InChI is InChI=1S/C17H14FN5O2/c1-8-4-9(2-3-20-8)14-15(23-17(19)22-14)10-5-11(18)16-12(6-10)21-13(24)7-25-16/h2-6H,7H2,1H3,(H,21,24)(H3,19,22,23). The van der Waals surface area contributed by atoms with Gasteiger partial charge in [0.05, 0.1) is 17.1 Å². The highest BCUT2D eigenvalue weighted by atomic mass is 19.1. The Morgan fingerprint density at radius 1 is 1.28 bits per heavy atom. The molecule has 1 amide bonds. The van der Waals surface area contributed by atoms with Gasteiger partial charge in [-0.3, -0.25) is 9.78 Å². The Bertz CT molecular complexity index is 999. The molecule has 0 saturated carbocycles. The van der Waals surface area contributed by atoms with Crippen LogP contribution in [0.4, 0.5) is 16.0 Å². The largest absolute Gasteiger partial charge is 0.478 e. The lowest BCUT2D eigenvalue weighted by Gasteiger charge is -2.19. The van der Waals surface area contributed by atoms with Gasteiger partial charge in [-0.05, 0) is 31.2 Å². The van der Waals surface area contributed by atoms with E-state index in [2.05, 4.69) is 20.3 Å². The predicted octanol–water partition coefficient (Wildman–Crippen LogP) is 2.50. The van der Waals surface area contributed by atoms with E-state index in [0.717, 1.165) is 11.3 Å². The Kier molecular flexibility index (Phi) is 3.38. The number of H-pyrrole nitrogens is 1. The highest BCUT2D eigenvalue weighted by Crippen LogP contribution is 2.38. The van der Waals surface area contributed by atoms with Gasteiger partial charge in [0.25, 0.3) is 5.91 Å². The number of hydrogen-bond acceptors (Lipinski definition) is 5. The number of carbonyl (C=O) groups is 1. The van der Waals surface area contributed by atoms with Crippen LogP contribution in [0.5, 0.6) is 5.75 Å². The van der Waals surface area contributed by atoms with Gasteiger partial charge in [0.1, 0.15) is 0 Å². The molecule has 1 aliphatic heterocycles. The van der Waals surface area contributed by atoms with E-state index in [1.807, 2.05) is 19.1 Å². The van der Waals surface area contributed by atoms with E-state index in [0.29, 0.717) is 17.0 Å². The number of nitrogen functional groups attached to an aromatic ring is 1. The zero-order valence-corrected chi connectivity index (χ0v) is 13.3. The van der Waals surface area contributed by atoms with Gasteiger partial charge in [0, 0.05) is 23.0 Å². The molecule has 1 aliphatic rings. The minimum Gasteiger partial charge on any atom is -0.478 e. The molecule has 7 nitrogen and oxygen atoms in total. The fraction of sp³-hybridized carbons (Fsp3) is 0.118. The van der Waals surface area contributed by atoms with Crippen molar-refractivity contribution in [3.63, 3.8) is 0 Å². The number of aryl methyl sites for hydroxylation is 1. The maximum absolute atomic E-state index is 14.4. The van der Waals surface area contributed by atoms with Crippen LogP contribution in [0.1, 0.15) is 5.69 Å². The summed E-state index contributed by atoms with van der Waals surface area (Å²) in [5.74, 6) is -0.687. The minimum atomic E-state index is -0.578. The molecule has 0 saturated heterocycles. The molecule has 0 atom stereocenters. The number of pyridine rings is 1. The smallest absolute Gasteiger partial charge is 0.262 e. The summed E-state index contributed by atoms with van der Waals surface area (Å²) in [5.41, 5.74) is 9.33. The first-order valence-electron chi connectivity index (χ1n) is 7.56. The summed E-state index contributed by atoms with van der Waals surface area (Å²) in [7, 11) is 0. The number of ether oxygens (including phenoxy) is 1. The molecule has 1 aromatic carbocycles. The maximum atomic E-state index is 14.4. The number of aromatic amines is 1. The molecule has 2 aromatic heterocycles. The fourth-order valence-electron chi connectivity index (χ4n) is 2.80. The van der Waals surface area contributed by atoms with Crippen molar-refractivity contribution in [1.82, 2.24) is 15.0 Å². The average molecular weight is 339 g/mol. The molecule has 126 valence electrons. The average Bonchev–Trinajstić information content (AvgIpc) is 2.96. The van der Waals surface area contributed by atoms with Crippen molar-refractivity contribution in [1.29, 1.82) is 0 Å². The lowest BCUT2D eigenvalue weighted by Crippen LogP contribution is -2.26. The zero-order valence-electron chi connectivity index (χ0n) is 13.3. The number of rotatable bonds is 2. The monoisotopic (exact) mass is 339 g/mol. The van der Waals surface area contributed by atoms with Crippen LogP contribution in [0.25, 0.3) is 22.5 Å². The van der Waals surface area contributed by atoms with Gasteiger partial charge in [-0.1, -0.05) is 0 Å². The molecular weight excluding hydrogens is 325 g/mol. The van der Waals surface area contributed by atoms with Gasteiger partial charge in [-0.2, -0.15) is 0 Å². The van der Waals surface area contributed by atoms with Crippen molar-refractivity contribution in [2.45, 2.75) is 6.92 Å². The summed E-state index contributed by atoms with van der Waals surface area (Å²) in [5, 5.41) is 2.60. The summed E-state index contributed by atoms with van der Waals surface area (Å²) < 4.78 is 19.5. The second-order valence-electron chi connectivity index (χ2n) is 5.70. The second kappa shape index (κ2) is 5.59. The lowest BCUT2D eigenvalue weighted by atomic mass is 10.0. The van der Waals surface area contributed by atoms with E-state index in [9.17, 15) is 9.18 Å². The third-order valence-corrected chi connectivity index (χ3v) is 3.85. The van der Waals surface area contributed by atoms with Crippen molar-refractivity contribution < 1.29 is 13.9 Å². The number of imidazole rings is 1. The number of fused-ring (bicyclic) bond motifs is 1. The third-order valence-electron chi connectivity index (χ3n) is 3.85. The lowest BCUT2D eigenvalue weighted by molar-refractivity contribution is -0.118.